The number of H-pyrrole nitrogens is 1. The molecule has 17 heavy (non-hydrogen) atoms. The quantitative estimate of drug-likeness (QED) is 0.707. The summed E-state index contributed by atoms with van der Waals surface area (Å²) in [6.45, 7) is 4.90. The lowest BCUT2D eigenvalue weighted by Crippen LogP contribution is -1.95. The first kappa shape index (κ1) is 10.4. The van der Waals surface area contributed by atoms with E-state index in [9.17, 15) is 0 Å². The van der Waals surface area contributed by atoms with Crippen LogP contribution in [0.4, 0.5) is 0 Å². The van der Waals surface area contributed by atoms with Gasteiger partial charge in [0.25, 0.3) is 0 Å². The van der Waals surface area contributed by atoms with Crippen LogP contribution in [0.5, 0.6) is 0 Å². The number of benzene rings is 1. The molecule has 0 atom stereocenters. The highest BCUT2D eigenvalue weighted by Gasteiger charge is 2.09. The number of nitrogens with two attached hydrogens (primary N) is 1. The topological polar surface area (TPSA) is 59.1 Å². The molecule has 0 unspecified atom stereocenters. The number of rotatable bonds is 2. The van der Waals surface area contributed by atoms with E-state index in [1.807, 2.05) is 6.20 Å². The largest absolute Gasteiger partial charge is 0.326 e. The van der Waals surface area contributed by atoms with Crippen molar-refractivity contribution in [1.82, 2.24) is 14.4 Å². The van der Waals surface area contributed by atoms with Crippen LogP contribution in [0.1, 0.15) is 31.0 Å². The minimum atomic E-state index is 0.509. The SMILES string of the molecule is CC(C)c1ccc2nc3[nH]c(CN)cn3c2c1. The van der Waals surface area contributed by atoms with E-state index < -0.39 is 0 Å². The minimum Gasteiger partial charge on any atom is -0.326 e. The first-order valence-electron chi connectivity index (χ1n) is 5.88. The van der Waals surface area contributed by atoms with Crippen molar-refractivity contribution in [1.29, 1.82) is 0 Å². The van der Waals surface area contributed by atoms with E-state index in [1.54, 1.807) is 0 Å². The van der Waals surface area contributed by atoms with Crippen molar-refractivity contribution in [3.05, 3.63) is 35.7 Å². The predicted molar refractivity (Wildman–Crippen MR) is 69.0 cm³/mol. The Balaban J connectivity index is 2.30. The zero-order valence-corrected chi connectivity index (χ0v) is 10.1. The Kier molecular flexibility index (Phi) is 2.19. The molecular formula is C13H16N4. The van der Waals surface area contributed by atoms with Gasteiger partial charge < -0.3 is 10.7 Å². The van der Waals surface area contributed by atoms with Gasteiger partial charge in [0, 0.05) is 18.4 Å². The van der Waals surface area contributed by atoms with Crippen LogP contribution in [0.15, 0.2) is 24.4 Å². The summed E-state index contributed by atoms with van der Waals surface area (Å²) in [7, 11) is 0. The Morgan fingerprint density at radius 2 is 2.24 bits per heavy atom. The fourth-order valence-corrected chi connectivity index (χ4v) is 2.12. The highest BCUT2D eigenvalue weighted by molar-refractivity contribution is 5.80. The molecule has 4 heteroatoms. The third-order valence-electron chi connectivity index (χ3n) is 3.16. The lowest BCUT2D eigenvalue weighted by atomic mass is 10.0. The fourth-order valence-electron chi connectivity index (χ4n) is 2.12. The number of aromatic nitrogens is 3. The molecule has 0 radical (unpaired) electrons. The first-order chi connectivity index (χ1) is 8.19. The summed E-state index contributed by atoms with van der Waals surface area (Å²) in [4.78, 5) is 7.75. The summed E-state index contributed by atoms with van der Waals surface area (Å²) >= 11 is 0. The number of imidazole rings is 2. The molecule has 0 aliphatic heterocycles. The molecule has 0 aliphatic rings. The maximum absolute atomic E-state index is 5.62. The monoisotopic (exact) mass is 228 g/mol. The van der Waals surface area contributed by atoms with E-state index in [1.165, 1.54) is 5.56 Å². The van der Waals surface area contributed by atoms with Gasteiger partial charge in [0.2, 0.25) is 5.78 Å². The van der Waals surface area contributed by atoms with Crippen molar-refractivity contribution in [2.24, 2.45) is 5.73 Å². The van der Waals surface area contributed by atoms with Gasteiger partial charge in [0.1, 0.15) is 0 Å². The number of hydrogen-bond acceptors (Lipinski definition) is 2. The van der Waals surface area contributed by atoms with Gasteiger partial charge in [0.05, 0.1) is 11.0 Å². The van der Waals surface area contributed by atoms with Crippen molar-refractivity contribution in [3.63, 3.8) is 0 Å². The van der Waals surface area contributed by atoms with Crippen LogP contribution < -0.4 is 5.73 Å². The number of fused-ring (bicyclic) bond motifs is 3. The first-order valence-corrected chi connectivity index (χ1v) is 5.88. The second kappa shape index (κ2) is 3.60. The summed E-state index contributed by atoms with van der Waals surface area (Å²) in [6, 6.07) is 6.42. The standard InChI is InChI=1S/C13H16N4/c1-8(2)9-3-4-11-12(5-9)17-7-10(6-14)15-13(17)16-11/h3-5,7-8H,6,14H2,1-2H3,(H,15,16). The maximum atomic E-state index is 5.62. The van der Waals surface area contributed by atoms with Crippen molar-refractivity contribution >= 4 is 16.8 Å². The molecule has 3 aromatic rings. The fraction of sp³-hybridized carbons (Fsp3) is 0.308. The second-order valence-corrected chi connectivity index (χ2v) is 4.69. The van der Waals surface area contributed by atoms with Crippen molar-refractivity contribution in [3.8, 4) is 0 Å². The molecule has 0 saturated heterocycles. The third-order valence-corrected chi connectivity index (χ3v) is 3.16. The predicted octanol–water partition coefficient (Wildman–Crippen LogP) is 2.40. The molecule has 0 saturated carbocycles. The van der Waals surface area contributed by atoms with Gasteiger partial charge in [-0.25, -0.2) is 4.98 Å². The zero-order chi connectivity index (χ0) is 12.0. The van der Waals surface area contributed by atoms with Crippen LogP contribution in [0, 0.1) is 0 Å². The molecule has 0 fully saturated rings. The molecule has 1 aromatic carbocycles. The minimum absolute atomic E-state index is 0.509. The van der Waals surface area contributed by atoms with E-state index in [2.05, 4.69) is 46.4 Å². The van der Waals surface area contributed by atoms with Crippen molar-refractivity contribution in [2.75, 3.05) is 0 Å². The number of aromatic amines is 1. The average molecular weight is 228 g/mol. The Morgan fingerprint density at radius 3 is 2.94 bits per heavy atom. The van der Waals surface area contributed by atoms with Crippen LogP contribution >= 0.6 is 0 Å². The van der Waals surface area contributed by atoms with Crippen LogP contribution in [0.3, 0.4) is 0 Å². The van der Waals surface area contributed by atoms with Crippen molar-refractivity contribution in [2.45, 2.75) is 26.3 Å². The van der Waals surface area contributed by atoms with Gasteiger partial charge in [-0.3, -0.25) is 4.40 Å². The molecule has 2 aromatic heterocycles. The van der Waals surface area contributed by atoms with E-state index in [-0.39, 0.29) is 0 Å². The van der Waals surface area contributed by atoms with E-state index in [0.717, 1.165) is 22.5 Å². The molecule has 0 amide bonds. The van der Waals surface area contributed by atoms with E-state index in [4.69, 9.17) is 5.73 Å². The number of nitrogens with one attached hydrogen (secondary N) is 1. The summed E-state index contributed by atoms with van der Waals surface area (Å²) in [6.07, 6.45) is 2.02. The molecule has 3 N–H and O–H groups in total. The normalized spacial score (nSPS) is 12.0. The van der Waals surface area contributed by atoms with Crippen molar-refractivity contribution < 1.29 is 0 Å². The second-order valence-electron chi connectivity index (χ2n) is 4.69. The molecular weight excluding hydrogens is 212 g/mol. The Morgan fingerprint density at radius 1 is 1.41 bits per heavy atom. The molecule has 2 heterocycles. The van der Waals surface area contributed by atoms with Gasteiger partial charge in [-0.1, -0.05) is 19.9 Å². The zero-order valence-electron chi connectivity index (χ0n) is 10.1. The van der Waals surface area contributed by atoms with Gasteiger partial charge in [-0.2, -0.15) is 0 Å². The molecule has 3 rings (SSSR count). The van der Waals surface area contributed by atoms with Crippen LogP contribution in [0.25, 0.3) is 16.8 Å². The number of nitrogens with zero attached hydrogens (tertiary/aromatic N) is 2. The molecule has 4 nitrogen and oxygen atoms in total. The van der Waals surface area contributed by atoms with Crippen LogP contribution in [-0.4, -0.2) is 14.4 Å². The molecule has 0 bridgehead atoms. The highest BCUT2D eigenvalue weighted by Crippen LogP contribution is 2.22. The lowest BCUT2D eigenvalue weighted by Gasteiger charge is -2.04. The lowest BCUT2D eigenvalue weighted by molar-refractivity contribution is 0.868. The summed E-state index contributed by atoms with van der Waals surface area (Å²) < 4.78 is 2.07. The summed E-state index contributed by atoms with van der Waals surface area (Å²) in [5.41, 5.74) is 10.1. The maximum Gasteiger partial charge on any atom is 0.212 e. The summed E-state index contributed by atoms with van der Waals surface area (Å²) in [5.74, 6) is 1.39. The Labute approximate surface area is 99.5 Å². The third kappa shape index (κ3) is 1.52. The summed E-state index contributed by atoms with van der Waals surface area (Å²) in [5, 5.41) is 0. The molecule has 88 valence electrons. The van der Waals surface area contributed by atoms with Gasteiger partial charge >= 0.3 is 0 Å². The van der Waals surface area contributed by atoms with Gasteiger partial charge in [-0.15, -0.1) is 0 Å². The molecule has 0 aliphatic carbocycles. The Hall–Kier alpha value is -1.81. The van der Waals surface area contributed by atoms with Crippen LogP contribution in [0.2, 0.25) is 0 Å². The van der Waals surface area contributed by atoms with Gasteiger partial charge in [-0.05, 0) is 23.6 Å². The van der Waals surface area contributed by atoms with E-state index >= 15 is 0 Å². The smallest absolute Gasteiger partial charge is 0.212 e. The Bertz CT molecular complexity index is 675. The molecule has 0 spiro atoms. The number of hydrogen-bond donors (Lipinski definition) is 2. The van der Waals surface area contributed by atoms with E-state index in [0.29, 0.717) is 12.5 Å². The van der Waals surface area contributed by atoms with Crippen LogP contribution in [-0.2, 0) is 6.54 Å². The highest BCUT2D eigenvalue weighted by atomic mass is 15.1. The average Bonchev–Trinajstić information content (AvgIpc) is 2.84. The van der Waals surface area contributed by atoms with Gasteiger partial charge in [0.15, 0.2) is 0 Å².